The Hall–Kier alpha value is -1.95. The minimum Gasteiger partial charge on any atom is -0.434 e. The lowest BCUT2D eigenvalue weighted by Crippen LogP contribution is -2.26. The smallest absolute Gasteiger partial charge is 0.354 e. The quantitative estimate of drug-likeness (QED) is 0.475. The zero-order valence-corrected chi connectivity index (χ0v) is 12.4. The van der Waals surface area contributed by atoms with Crippen LogP contribution in [0.15, 0.2) is 29.3 Å². The Morgan fingerprint density at radius 3 is 2.62 bits per heavy atom. The lowest BCUT2D eigenvalue weighted by Gasteiger charge is -2.18. The molecule has 21 heavy (non-hydrogen) atoms. The molecule has 1 unspecified atom stereocenters. The van der Waals surface area contributed by atoms with Crippen molar-refractivity contribution >= 4 is 23.3 Å². The van der Waals surface area contributed by atoms with Crippen LogP contribution in [-0.4, -0.2) is 29.4 Å². The number of hydrogen-bond acceptors (Lipinski definition) is 5. The molecular weight excluding hydrogens is 296 g/mol. The maximum absolute atomic E-state index is 11.8. The molecule has 1 aromatic rings. The molecule has 1 heterocycles. The molecule has 0 amide bonds. The summed E-state index contributed by atoms with van der Waals surface area (Å²) in [6.07, 6.45) is -0.903. The van der Waals surface area contributed by atoms with Crippen molar-refractivity contribution in [1.82, 2.24) is 0 Å². The molecule has 2 atom stereocenters. The SMILES string of the molecule is CC(C)C1=NC([C@@H](C[N+](=O)[O-])c2ccccc2Cl)OC1=O. The van der Waals surface area contributed by atoms with Crippen molar-refractivity contribution in [2.24, 2.45) is 10.9 Å². The number of carbonyl (C=O) groups is 1. The zero-order chi connectivity index (χ0) is 15.6. The highest BCUT2D eigenvalue weighted by Gasteiger charge is 2.38. The molecule has 0 radical (unpaired) electrons. The van der Waals surface area contributed by atoms with Gasteiger partial charge in [0.15, 0.2) is 0 Å². The summed E-state index contributed by atoms with van der Waals surface area (Å²) in [5, 5.41) is 11.3. The third-order valence-corrected chi connectivity index (χ3v) is 3.59. The van der Waals surface area contributed by atoms with Crippen LogP contribution < -0.4 is 0 Å². The van der Waals surface area contributed by atoms with Crippen molar-refractivity contribution in [3.63, 3.8) is 0 Å². The third-order valence-electron chi connectivity index (χ3n) is 3.24. The predicted molar refractivity (Wildman–Crippen MR) is 78.2 cm³/mol. The summed E-state index contributed by atoms with van der Waals surface area (Å²) in [5.74, 6) is -1.31. The van der Waals surface area contributed by atoms with Gasteiger partial charge in [0.05, 0.1) is 0 Å². The molecule has 0 spiro atoms. The second-order valence-corrected chi connectivity index (χ2v) is 5.52. The van der Waals surface area contributed by atoms with Crippen LogP contribution in [0.3, 0.4) is 0 Å². The van der Waals surface area contributed by atoms with E-state index in [4.69, 9.17) is 16.3 Å². The molecule has 0 aromatic heterocycles. The standard InChI is InChI=1S/C14H15ClN2O4/c1-8(2)12-14(18)21-13(16-12)10(7-17(19)20)9-5-3-4-6-11(9)15/h3-6,8,10,13H,7H2,1-2H3/t10-,13?/m0/s1. The minimum absolute atomic E-state index is 0.0926. The molecule has 1 aliphatic heterocycles. The zero-order valence-electron chi connectivity index (χ0n) is 11.7. The number of aliphatic imine (C=N–C) groups is 1. The van der Waals surface area contributed by atoms with Crippen molar-refractivity contribution in [1.29, 1.82) is 0 Å². The summed E-state index contributed by atoms with van der Waals surface area (Å²) in [5.41, 5.74) is 0.864. The number of benzene rings is 1. The van der Waals surface area contributed by atoms with E-state index in [0.717, 1.165) is 0 Å². The first-order valence-corrected chi connectivity index (χ1v) is 6.93. The number of nitro groups is 1. The Labute approximate surface area is 126 Å². The van der Waals surface area contributed by atoms with Gasteiger partial charge < -0.3 is 4.74 Å². The summed E-state index contributed by atoms with van der Waals surface area (Å²) in [6, 6.07) is 6.80. The largest absolute Gasteiger partial charge is 0.434 e. The van der Waals surface area contributed by atoms with Crippen LogP contribution in [0.5, 0.6) is 0 Å². The monoisotopic (exact) mass is 310 g/mol. The number of rotatable bonds is 5. The summed E-state index contributed by atoms with van der Waals surface area (Å²) in [4.78, 5) is 26.5. The second-order valence-electron chi connectivity index (χ2n) is 5.11. The Kier molecular flexibility index (Phi) is 4.57. The van der Waals surface area contributed by atoms with E-state index in [1.165, 1.54) is 0 Å². The van der Waals surface area contributed by atoms with Crippen molar-refractivity contribution in [3.8, 4) is 0 Å². The maximum Gasteiger partial charge on any atom is 0.354 e. The van der Waals surface area contributed by atoms with Crippen LogP contribution in [0.4, 0.5) is 0 Å². The average Bonchev–Trinajstić information content (AvgIpc) is 2.79. The van der Waals surface area contributed by atoms with Gasteiger partial charge in [-0.25, -0.2) is 9.79 Å². The topological polar surface area (TPSA) is 81.8 Å². The first kappa shape index (κ1) is 15.4. The lowest BCUT2D eigenvalue weighted by atomic mass is 9.97. The minimum atomic E-state index is -0.903. The van der Waals surface area contributed by atoms with Crippen molar-refractivity contribution < 1.29 is 14.5 Å². The number of halogens is 1. The molecule has 0 saturated heterocycles. The maximum atomic E-state index is 11.8. The van der Waals surface area contributed by atoms with Gasteiger partial charge in [-0.05, 0) is 11.6 Å². The molecule has 112 valence electrons. The van der Waals surface area contributed by atoms with E-state index < -0.39 is 29.6 Å². The fraction of sp³-hybridized carbons (Fsp3) is 0.429. The van der Waals surface area contributed by atoms with E-state index in [1.807, 2.05) is 13.8 Å². The summed E-state index contributed by atoms with van der Waals surface area (Å²) >= 11 is 6.10. The molecular formula is C14H15ClN2O4. The van der Waals surface area contributed by atoms with E-state index >= 15 is 0 Å². The number of esters is 1. The molecule has 1 aromatic carbocycles. The van der Waals surface area contributed by atoms with Crippen LogP contribution in [0.2, 0.25) is 5.02 Å². The number of hydrogen-bond donors (Lipinski definition) is 0. The normalized spacial score (nSPS) is 19.3. The molecule has 6 nitrogen and oxygen atoms in total. The van der Waals surface area contributed by atoms with Gasteiger partial charge in [0.25, 0.3) is 0 Å². The number of cyclic esters (lactones) is 1. The van der Waals surface area contributed by atoms with Crippen molar-refractivity contribution in [3.05, 3.63) is 45.0 Å². The molecule has 7 heteroatoms. The summed E-state index contributed by atoms with van der Waals surface area (Å²) < 4.78 is 5.20. The predicted octanol–water partition coefficient (Wildman–Crippen LogP) is 2.68. The second kappa shape index (κ2) is 6.22. The van der Waals surface area contributed by atoms with Crippen molar-refractivity contribution in [2.75, 3.05) is 6.54 Å². The van der Waals surface area contributed by atoms with Crippen molar-refractivity contribution in [2.45, 2.75) is 26.0 Å². The van der Waals surface area contributed by atoms with Gasteiger partial charge >= 0.3 is 5.97 Å². The highest BCUT2D eigenvalue weighted by molar-refractivity contribution is 6.38. The first-order chi connectivity index (χ1) is 9.90. The highest BCUT2D eigenvalue weighted by Crippen LogP contribution is 2.32. The first-order valence-electron chi connectivity index (χ1n) is 6.55. The Bertz CT molecular complexity index is 600. The molecule has 1 aliphatic rings. The fourth-order valence-electron chi connectivity index (χ4n) is 2.22. The Morgan fingerprint density at radius 1 is 1.43 bits per heavy atom. The van der Waals surface area contributed by atoms with E-state index in [9.17, 15) is 14.9 Å². The van der Waals surface area contributed by atoms with Crippen LogP contribution in [0, 0.1) is 16.0 Å². The van der Waals surface area contributed by atoms with Gasteiger partial charge in [-0.1, -0.05) is 43.6 Å². The lowest BCUT2D eigenvalue weighted by molar-refractivity contribution is -0.485. The van der Waals surface area contributed by atoms with Crippen LogP contribution in [-0.2, 0) is 9.53 Å². The van der Waals surface area contributed by atoms with Crippen LogP contribution >= 0.6 is 11.6 Å². The number of ether oxygens (including phenoxy) is 1. The van der Waals surface area contributed by atoms with E-state index in [0.29, 0.717) is 16.3 Å². The van der Waals surface area contributed by atoms with E-state index in [1.54, 1.807) is 24.3 Å². The number of nitrogens with zero attached hydrogens (tertiary/aromatic N) is 2. The summed E-state index contributed by atoms with van der Waals surface area (Å²) in [6.45, 7) is 3.23. The Balaban J connectivity index is 2.37. The summed E-state index contributed by atoms with van der Waals surface area (Å²) in [7, 11) is 0. The fourth-order valence-corrected chi connectivity index (χ4v) is 2.50. The molecule has 0 aliphatic carbocycles. The van der Waals surface area contributed by atoms with Gasteiger partial charge in [-0.3, -0.25) is 10.1 Å². The third kappa shape index (κ3) is 3.39. The Morgan fingerprint density at radius 2 is 2.10 bits per heavy atom. The van der Waals surface area contributed by atoms with Gasteiger partial charge in [-0.2, -0.15) is 0 Å². The molecule has 0 fully saturated rings. The van der Waals surface area contributed by atoms with E-state index in [2.05, 4.69) is 4.99 Å². The number of carbonyl (C=O) groups excluding carboxylic acids is 1. The highest BCUT2D eigenvalue weighted by atomic mass is 35.5. The van der Waals surface area contributed by atoms with Gasteiger partial charge in [0.2, 0.25) is 12.8 Å². The van der Waals surface area contributed by atoms with E-state index in [-0.39, 0.29) is 5.92 Å². The van der Waals surface area contributed by atoms with Gasteiger partial charge in [-0.15, -0.1) is 0 Å². The molecule has 2 rings (SSSR count). The molecule has 0 bridgehead atoms. The van der Waals surface area contributed by atoms with Gasteiger partial charge in [0, 0.05) is 15.9 Å². The van der Waals surface area contributed by atoms with Crippen LogP contribution in [0.25, 0.3) is 0 Å². The van der Waals surface area contributed by atoms with Gasteiger partial charge in [0.1, 0.15) is 11.6 Å². The van der Waals surface area contributed by atoms with Crippen LogP contribution in [0.1, 0.15) is 25.3 Å². The molecule has 0 N–H and O–H groups in total. The average molecular weight is 311 g/mol. The molecule has 0 saturated carbocycles.